The van der Waals surface area contributed by atoms with Crippen LogP contribution in [0.4, 0.5) is 5.95 Å². The molecule has 0 unspecified atom stereocenters. The lowest BCUT2D eigenvalue weighted by atomic mass is 10.3. The predicted octanol–water partition coefficient (Wildman–Crippen LogP) is -0.416. The molecule has 90 valence electrons. The highest BCUT2D eigenvalue weighted by Crippen LogP contribution is 2.15. The van der Waals surface area contributed by atoms with Crippen molar-refractivity contribution in [3.05, 3.63) is 39.0 Å². The van der Waals surface area contributed by atoms with E-state index in [4.69, 9.17) is 5.73 Å². The molecule has 0 amide bonds. The Morgan fingerprint density at radius 3 is 2.67 bits per heavy atom. The summed E-state index contributed by atoms with van der Waals surface area (Å²) in [5.41, 5.74) is 5.94. The van der Waals surface area contributed by atoms with Gasteiger partial charge in [-0.15, -0.1) is 0 Å². The van der Waals surface area contributed by atoms with Crippen LogP contribution in [0.25, 0.3) is 22.6 Å². The van der Waals surface area contributed by atoms with Crippen LogP contribution >= 0.6 is 0 Å². The Hall–Kier alpha value is -2.90. The van der Waals surface area contributed by atoms with Crippen LogP contribution in [0.1, 0.15) is 0 Å². The summed E-state index contributed by atoms with van der Waals surface area (Å²) >= 11 is 0. The maximum atomic E-state index is 11.6. The molecular weight excluding hydrogens is 236 g/mol. The van der Waals surface area contributed by atoms with Gasteiger partial charge in [-0.05, 0) is 6.07 Å². The SMILES string of the molecule is Nc1nc2nc(-c3ccc(=O)[nH]c3)[nH]c2c(=O)[nH]1. The fourth-order valence-corrected chi connectivity index (χ4v) is 1.62. The van der Waals surface area contributed by atoms with Crippen LogP contribution in [0.2, 0.25) is 0 Å². The fourth-order valence-electron chi connectivity index (χ4n) is 1.62. The molecule has 3 heterocycles. The van der Waals surface area contributed by atoms with Crippen LogP contribution in [0.3, 0.4) is 0 Å². The number of hydrogen-bond donors (Lipinski definition) is 4. The second-order valence-electron chi connectivity index (χ2n) is 3.68. The number of imidazole rings is 1. The Bertz CT molecular complexity index is 823. The number of aromatic nitrogens is 5. The topological polar surface area (TPSA) is 133 Å². The van der Waals surface area contributed by atoms with Crippen molar-refractivity contribution in [3.8, 4) is 11.4 Å². The van der Waals surface area contributed by atoms with Gasteiger partial charge in [0.05, 0.1) is 0 Å². The number of nitrogens with zero attached hydrogens (tertiary/aromatic N) is 2. The molecule has 0 aliphatic carbocycles. The molecule has 0 aliphatic heterocycles. The predicted molar refractivity (Wildman–Crippen MR) is 65.0 cm³/mol. The Labute approximate surface area is 98.9 Å². The lowest BCUT2D eigenvalue weighted by Crippen LogP contribution is -2.10. The summed E-state index contributed by atoms with van der Waals surface area (Å²) in [6.45, 7) is 0. The normalized spacial score (nSPS) is 10.9. The quantitative estimate of drug-likeness (QED) is 0.461. The zero-order chi connectivity index (χ0) is 12.7. The van der Waals surface area contributed by atoms with Gasteiger partial charge in [0.1, 0.15) is 5.82 Å². The van der Waals surface area contributed by atoms with E-state index in [-0.39, 0.29) is 28.2 Å². The summed E-state index contributed by atoms with van der Waals surface area (Å²) in [7, 11) is 0. The van der Waals surface area contributed by atoms with E-state index in [0.29, 0.717) is 11.4 Å². The minimum absolute atomic E-state index is 0.00650. The summed E-state index contributed by atoms with van der Waals surface area (Å²) in [4.78, 5) is 38.3. The Morgan fingerprint density at radius 1 is 1.11 bits per heavy atom. The minimum Gasteiger partial charge on any atom is -0.369 e. The average molecular weight is 244 g/mol. The molecule has 8 heteroatoms. The van der Waals surface area contributed by atoms with E-state index in [2.05, 4.69) is 24.9 Å². The van der Waals surface area contributed by atoms with Crippen molar-refractivity contribution in [1.29, 1.82) is 0 Å². The zero-order valence-corrected chi connectivity index (χ0v) is 9.02. The molecule has 8 nitrogen and oxygen atoms in total. The van der Waals surface area contributed by atoms with Gasteiger partial charge in [0.2, 0.25) is 11.5 Å². The number of nitrogens with one attached hydrogen (secondary N) is 3. The largest absolute Gasteiger partial charge is 0.369 e. The van der Waals surface area contributed by atoms with Crippen LogP contribution in [0.5, 0.6) is 0 Å². The van der Waals surface area contributed by atoms with Crippen LogP contribution in [-0.2, 0) is 0 Å². The van der Waals surface area contributed by atoms with Crippen molar-refractivity contribution < 1.29 is 0 Å². The molecule has 0 saturated heterocycles. The van der Waals surface area contributed by atoms with Crippen LogP contribution in [0, 0.1) is 0 Å². The zero-order valence-electron chi connectivity index (χ0n) is 9.02. The van der Waals surface area contributed by atoms with E-state index in [1.54, 1.807) is 6.07 Å². The third-order valence-electron chi connectivity index (χ3n) is 2.44. The molecule has 0 radical (unpaired) electrons. The van der Waals surface area contributed by atoms with Gasteiger partial charge in [-0.1, -0.05) is 0 Å². The number of nitrogen functional groups attached to an aromatic ring is 1. The third kappa shape index (κ3) is 1.56. The first-order valence-corrected chi connectivity index (χ1v) is 5.08. The number of H-pyrrole nitrogens is 3. The van der Waals surface area contributed by atoms with Crippen LogP contribution in [-0.4, -0.2) is 24.9 Å². The molecule has 0 spiro atoms. The maximum Gasteiger partial charge on any atom is 0.278 e. The number of nitrogens with two attached hydrogens (primary N) is 1. The molecule has 3 aromatic rings. The first-order valence-electron chi connectivity index (χ1n) is 5.08. The highest BCUT2D eigenvalue weighted by molar-refractivity contribution is 5.75. The first kappa shape index (κ1) is 10.3. The van der Waals surface area contributed by atoms with Gasteiger partial charge in [-0.3, -0.25) is 14.6 Å². The minimum atomic E-state index is -0.388. The number of aromatic amines is 3. The third-order valence-corrected chi connectivity index (χ3v) is 2.44. The van der Waals surface area contributed by atoms with Gasteiger partial charge >= 0.3 is 0 Å². The second kappa shape index (κ2) is 3.55. The van der Waals surface area contributed by atoms with Crippen molar-refractivity contribution >= 4 is 17.1 Å². The average Bonchev–Trinajstić information content (AvgIpc) is 2.74. The fraction of sp³-hybridized carbons (Fsp3) is 0. The number of anilines is 1. The van der Waals surface area contributed by atoms with Crippen molar-refractivity contribution in [2.45, 2.75) is 0 Å². The van der Waals surface area contributed by atoms with E-state index in [0.717, 1.165) is 0 Å². The summed E-state index contributed by atoms with van der Waals surface area (Å²) in [6, 6.07) is 2.96. The number of hydrogen-bond acceptors (Lipinski definition) is 5. The smallest absolute Gasteiger partial charge is 0.278 e. The van der Waals surface area contributed by atoms with Gasteiger partial charge in [-0.25, -0.2) is 4.98 Å². The molecule has 0 bridgehead atoms. The summed E-state index contributed by atoms with van der Waals surface area (Å²) in [6.07, 6.45) is 1.50. The summed E-state index contributed by atoms with van der Waals surface area (Å²) in [5.74, 6) is 0.442. The highest BCUT2D eigenvalue weighted by Gasteiger charge is 2.09. The van der Waals surface area contributed by atoms with Gasteiger partial charge in [0.15, 0.2) is 11.2 Å². The lowest BCUT2D eigenvalue weighted by Gasteiger charge is -1.92. The first-order chi connectivity index (χ1) is 8.63. The second-order valence-corrected chi connectivity index (χ2v) is 3.68. The maximum absolute atomic E-state index is 11.6. The highest BCUT2D eigenvalue weighted by atomic mass is 16.1. The molecule has 0 aromatic carbocycles. The van der Waals surface area contributed by atoms with Gasteiger partial charge in [0.25, 0.3) is 5.56 Å². The number of rotatable bonds is 1. The van der Waals surface area contributed by atoms with Crippen LogP contribution in [0.15, 0.2) is 27.9 Å². The molecule has 3 rings (SSSR count). The van der Waals surface area contributed by atoms with Gasteiger partial charge in [0, 0.05) is 17.8 Å². The molecule has 0 atom stereocenters. The van der Waals surface area contributed by atoms with Crippen molar-refractivity contribution in [3.63, 3.8) is 0 Å². The molecule has 0 aliphatic rings. The van der Waals surface area contributed by atoms with E-state index in [9.17, 15) is 9.59 Å². The monoisotopic (exact) mass is 244 g/mol. The van der Waals surface area contributed by atoms with E-state index in [1.807, 2.05) is 0 Å². The van der Waals surface area contributed by atoms with E-state index in [1.165, 1.54) is 12.3 Å². The van der Waals surface area contributed by atoms with E-state index >= 15 is 0 Å². The Balaban J connectivity index is 2.25. The molecule has 0 fully saturated rings. The van der Waals surface area contributed by atoms with Crippen LogP contribution < -0.4 is 16.9 Å². The molecule has 0 saturated carbocycles. The number of pyridine rings is 1. The van der Waals surface area contributed by atoms with Crippen molar-refractivity contribution in [2.75, 3.05) is 5.73 Å². The van der Waals surface area contributed by atoms with Gasteiger partial charge in [-0.2, -0.15) is 4.98 Å². The Kier molecular flexibility index (Phi) is 2.03. The van der Waals surface area contributed by atoms with Crippen molar-refractivity contribution in [2.24, 2.45) is 0 Å². The van der Waals surface area contributed by atoms with E-state index < -0.39 is 0 Å². The number of fused-ring (bicyclic) bond motifs is 1. The molecule has 3 aromatic heterocycles. The molecule has 18 heavy (non-hydrogen) atoms. The summed E-state index contributed by atoms with van der Waals surface area (Å²) in [5, 5.41) is 0. The van der Waals surface area contributed by atoms with Crippen molar-refractivity contribution in [1.82, 2.24) is 24.9 Å². The Morgan fingerprint density at radius 2 is 1.94 bits per heavy atom. The standard InChI is InChI=1S/C10H8N6O2/c11-10-15-8-6(9(18)16-10)13-7(14-8)4-1-2-5(17)12-3-4/h1-3H,(H,12,17)(H4,11,13,14,15,16,18). The summed E-state index contributed by atoms with van der Waals surface area (Å²) < 4.78 is 0. The lowest BCUT2D eigenvalue weighted by molar-refractivity contribution is 1.17. The molecule has 5 N–H and O–H groups in total. The van der Waals surface area contributed by atoms with Gasteiger partial charge < -0.3 is 15.7 Å². The molecular formula is C10H8N6O2.